The molecule has 0 fully saturated rings. The van der Waals surface area contributed by atoms with Crippen molar-refractivity contribution in [2.75, 3.05) is 13.3 Å². The quantitative estimate of drug-likeness (QED) is 0.827. The van der Waals surface area contributed by atoms with Gasteiger partial charge < -0.3 is 9.47 Å². The predicted octanol–water partition coefficient (Wildman–Crippen LogP) is 3.28. The third kappa shape index (κ3) is 3.29. The number of fused-ring (bicyclic) bond motifs is 1. The van der Waals surface area contributed by atoms with Gasteiger partial charge in [0, 0.05) is 18.1 Å². The number of ether oxygens (including phenoxy) is 2. The number of nitrogens with zero attached hydrogens (tertiary/aromatic N) is 1. The first-order valence-corrected chi connectivity index (χ1v) is 8.97. The van der Waals surface area contributed by atoms with Gasteiger partial charge >= 0.3 is 0 Å². The Labute approximate surface area is 140 Å². The van der Waals surface area contributed by atoms with Gasteiger partial charge in [-0.2, -0.15) is 4.31 Å². The summed E-state index contributed by atoms with van der Waals surface area (Å²) in [5.74, 6) is 1.31. The van der Waals surface area contributed by atoms with E-state index in [0.717, 1.165) is 5.56 Å². The molecule has 0 aromatic heterocycles. The molecule has 0 unspecified atom stereocenters. The first kappa shape index (κ1) is 16.1. The number of benzene rings is 2. The fraction of sp³-hybridized carbons (Fsp3) is 0.250. The zero-order chi connectivity index (χ0) is 16.4. The fourth-order valence-electron chi connectivity index (χ4n) is 2.39. The van der Waals surface area contributed by atoms with Crippen molar-refractivity contribution in [3.63, 3.8) is 0 Å². The van der Waals surface area contributed by atoms with Crippen molar-refractivity contribution in [3.05, 3.63) is 53.1 Å². The van der Waals surface area contributed by atoms with E-state index in [1.54, 1.807) is 37.3 Å². The molecule has 5 nitrogen and oxygen atoms in total. The molecule has 0 atom stereocenters. The predicted molar refractivity (Wildman–Crippen MR) is 87.3 cm³/mol. The van der Waals surface area contributed by atoms with E-state index in [4.69, 9.17) is 21.1 Å². The van der Waals surface area contributed by atoms with Crippen molar-refractivity contribution in [1.82, 2.24) is 4.31 Å². The monoisotopic (exact) mass is 353 g/mol. The second kappa shape index (κ2) is 6.39. The largest absolute Gasteiger partial charge is 0.454 e. The molecule has 0 N–H and O–H groups in total. The van der Waals surface area contributed by atoms with Gasteiger partial charge in [-0.15, -0.1) is 0 Å². The van der Waals surface area contributed by atoms with Crippen molar-refractivity contribution in [3.8, 4) is 11.5 Å². The lowest BCUT2D eigenvalue weighted by molar-refractivity contribution is 0.174. The summed E-state index contributed by atoms with van der Waals surface area (Å²) in [6, 6.07) is 11.7. The number of sulfonamides is 1. The molecule has 2 aromatic rings. The van der Waals surface area contributed by atoms with Gasteiger partial charge in [-0.3, -0.25) is 0 Å². The molecule has 2 aromatic carbocycles. The molecule has 0 aliphatic carbocycles. The van der Waals surface area contributed by atoms with Crippen molar-refractivity contribution in [2.24, 2.45) is 0 Å². The minimum Gasteiger partial charge on any atom is -0.454 e. The maximum Gasteiger partial charge on any atom is 0.243 e. The first-order chi connectivity index (χ1) is 11.0. The summed E-state index contributed by atoms with van der Waals surface area (Å²) in [5, 5.41) is 0.394. The summed E-state index contributed by atoms with van der Waals surface area (Å²) in [7, 11) is -3.61. The average molecular weight is 354 g/mol. The molecule has 0 spiro atoms. The lowest BCUT2D eigenvalue weighted by Gasteiger charge is -2.21. The smallest absolute Gasteiger partial charge is 0.243 e. The molecule has 0 radical (unpaired) electrons. The van der Waals surface area contributed by atoms with Crippen LogP contribution in [-0.2, 0) is 16.6 Å². The lowest BCUT2D eigenvalue weighted by Crippen LogP contribution is -2.30. The van der Waals surface area contributed by atoms with Gasteiger partial charge in [-0.05, 0) is 35.9 Å². The fourth-order valence-corrected chi connectivity index (χ4v) is 4.12. The van der Waals surface area contributed by atoms with E-state index in [1.165, 1.54) is 10.4 Å². The Hall–Kier alpha value is -1.76. The summed E-state index contributed by atoms with van der Waals surface area (Å²) in [4.78, 5) is 0.188. The van der Waals surface area contributed by atoms with E-state index in [1.807, 2.05) is 6.07 Å². The van der Waals surface area contributed by atoms with Crippen LogP contribution in [0.2, 0.25) is 5.02 Å². The van der Waals surface area contributed by atoms with Crippen LogP contribution < -0.4 is 9.47 Å². The van der Waals surface area contributed by atoms with Crippen molar-refractivity contribution in [1.29, 1.82) is 0 Å². The highest BCUT2D eigenvalue weighted by atomic mass is 35.5. The van der Waals surface area contributed by atoms with Crippen molar-refractivity contribution < 1.29 is 17.9 Å². The summed E-state index contributed by atoms with van der Waals surface area (Å²) >= 11 is 5.91. The molecule has 1 heterocycles. The molecule has 1 aliphatic rings. The minimum atomic E-state index is -3.61. The minimum absolute atomic E-state index is 0.188. The molecule has 122 valence electrons. The molecule has 7 heteroatoms. The maximum absolute atomic E-state index is 12.8. The highest BCUT2D eigenvalue weighted by Crippen LogP contribution is 2.33. The van der Waals surface area contributed by atoms with Crippen LogP contribution in [0.5, 0.6) is 11.5 Å². The molecule has 0 saturated carbocycles. The van der Waals surface area contributed by atoms with Gasteiger partial charge in [0.1, 0.15) is 0 Å². The molecular weight excluding hydrogens is 338 g/mol. The van der Waals surface area contributed by atoms with Crippen molar-refractivity contribution >= 4 is 21.6 Å². The van der Waals surface area contributed by atoms with E-state index >= 15 is 0 Å². The molecule has 3 rings (SSSR count). The van der Waals surface area contributed by atoms with Crippen LogP contribution in [0.15, 0.2) is 47.4 Å². The normalized spacial score (nSPS) is 13.5. The van der Waals surface area contributed by atoms with Crippen LogP contribution in [0.1, 0.15) is 12.5 Å². The van der Waals surface area contributed by atoms with Gasteiger partial charge in [0.05, 0.1) is 4.90 Å². The molecule has 0 saturated heterocycles. The third-order valence-corrected chi connectivity index (χ3v) is 5.73. The van der Waals surface area contributed by atoms with E-state index in [9.17, 15) is 8.42 Å². The summed E-state index contributed by atoms with van der Waals surface area (Å²) in [6.45, 7) is 2.59. The number of rotatable bonds is 5. The zero-order valence-corrected chi connectivity index (χ0v) is 14.1. The van der Waals surface area contributed by atoms with E-state index in [2.05, 4.69) is 0 Å². The summed E-state index contributed by atoms with van der Waals surface area (Å²) in [6.07, 6.45) is 0. The van der Waals surface area contributed by atoms with E-state index in [-0.39, 0.29) is 18.2 Å². The second-order valence-electron chi connectivity index (χ2n) is 5.08. The topological polar surface area (TPSA) is 55.8 Å². The molecule has 1 aliphatic heterocycles. The van der Waals surface area contributed by atoms with Crippen LogP contribution in [0.3, 0.4) is 0 Å². The molecule has 0 bridgehead atoms. The standard InChI is InChI=1S/C16H16ClNO4S/c1-2-18(23(19,20)14-5-3-4-13(17)9-14)10-12-6-7-15-16(8-12)22-11-21-15/h3-9H,2,10-11H2,1H3. The van der Waals surface area contributed by atoms with Crippen LogP contribution in [0, 0.1) is 0 Å². The highest BCUT2D eigenvalue weighted by Gasteiger charge is 2.24. The Morgan fingerprint density at radius 2 is 1.91 bits per heavy atom. The third-order valence-electron chi connectivity index (χ3n) is 3.58. The maximum atomic E-state index is 12.8. The number of hydrogen-bond donors (Lipinski definition) is 0. The van der Waals surface area contributed by atoms with Gasteiger partial charge in [-0.25, -0.2) is 8.42 Å². The lowest BCUT2D eigenvalue weighted by atomic mass is 10.2. The Balaban J connectivity index is 1.87. The van der Waals surface area contributed by atoms with Gasteiger partial charge in [0.15, 0.2) is 11.5 Å². The Morgan fingerprint density at radius 1 is 1.13 bits per heavy atom. The van der Waals surface area contributed by atoms with Crippen LogP contribution in [0.4, 0.5) is 0 Å². The van der Waals surface area contributed by atoms with Gasteiger partial charge in [0.2, 0.25) is 16.8 Å². The van der Waals surface area contributed by atoms with Gasteiger partial charge in [-0.1, -0.05) is 30.7 Å². The molecule has 0 amide bonds. The van der Waals surface area contributed by atoms with Gasteiger partial charge in [0.25, 0.3) is 0 Å². The summed E-state index contributed by atoms with van der Waals surface area (Å²) < 4.78 is 37.5. The highest BCUT2D eigenvalue weighted by molar-refractivity contribution is 7.89. The van der Waals surface area contributed by atoms with E-state index in [0.29, 0.717) is 23.1 Å². The van der Waals surface area contributed by atoms with Crippen LogP contribution in [-0.4, -0.2) is 26.1 Å². The molecule has 23 heavy (non-hydrogen) atoms. The second-order valence-corrected chi connectivity index (χ2v) is 7.45. The summed E-state index contributed by atoms with van der Waals surface area (Å²) in [5.41, 5.74) is 0.835. The Morgan fingerprint density at radius 3 is 2.65 bits per heavy atom. The number of halogens is 1. The van der Waals surface area contributed by atoms with Crippen molar-refractivity contribution in [2.45, 2.75) is 18.4 Å². The van der Waals surface area contributed by atoms with Crippen LogP contribution >= 0.6 is 11.6 Å². The zero-order valence-electron chi connectivity index (χ0n) is 12.5. The first-order valence-electron chi connectivity index (χ1n) is 7.15. The Kier molecular flexibility index (Phi) is 4.48. The van der Waals surface area contributed by atoms with Crippen LogP contribution in [0.25, 0.3) is 0 Å². The SMILES string of the molecule is CCN(Cc1ccc2c(c1)OCO2)S(=O)(=O)c1cccc(Cl)c1. The average Bonchev–Trinajstić information content (AvgIpc) is 3.00. The number of hydrogen-bond acceptors (Lipinski definition) is 4. The van der Waals surface area contributed by atoms with E-state index < -0.39 is 10.0 Å². The molecular formula is C16H16ClNO4S. The Bertz CT molecular complexity index is 823.